The van der Waals surface area contributed by atoms with E-state index in [0.717, 1.165) is 5.56 Å². The summed E-state index contributed by atoms with van der Waals surface area (Å²) >= 11 is 0. The fourth-order valence-corrected chi connectivity index (χ4v) is 4.45. The van der Waals surface area contributed by atoms with Crippen LogP contribution in [-0.4, -0.2) is 31.4 Å². The van der Waals surface area contributed by atoms with Crippen molar-refractivity contribution in [3.63, 3.8) is 0 Å². The molecule has 1 fully saturated rings. The number of nitrogens with two attached hydrogens (primary N) is 1. The lowest BCUT2D eigenvalue weighted by molar-refractivity contribution is -0.121. The summed E-state index contributed by atoms with van der Waals surface area (Å²) in [5.74, 6) is -0.0507. The molecule has 104 valence electrons. The second-order valence-corrected chi connectivity index (χ2v) is 7.51. The predicted octanol–water partition coefficient (Wildman–Crippen LogP) is 0.505. The predicted molar refractivity (Wildman–Crippen MR) is 74.4 cm³/mol. The first-order valence-corrected chi connectivity index (χ1v) is 7.97. The summed E-state index contributed by atoms with van der Waals surface area (Å²) in [4.78, 5) is 12.0. The number of carbonyl (C=O) groups is 1. The summed E-state index contributed by atoms with van der Waals surface area (Å²) in [5.41, 5.74) is 6.45. The van der Waals surface area contributed by atoms with Crippen LogP contribution < -0.4 is 11.1 Å². The molecule has 1 aromatic carbocycles. The van der Waals surface area contributed by atoms with E-state index in [2.05, 4.69) is 5.32 Å². The molecule has 0 aliphatic carbocycles. The smallest absolute Gasteiger partial charge is 0.224 e. The average Bonchev–Trinajstić information content (AvgIpc) is 2.56. The molecule has 1 saturated heterocycles. The van der Waals surface area contributed by atoms with Crippen LogP contribution in [0.3, 0.4) is 0 Å². The molecule has 0 bridgehead atoms. The first-order valence-electron chi connectivity index (χ1n) is 6.15. The van der Waals surface area contributed by atoms with Crippen LogP contribution in [0.2, 0.25) is 0 Å². The molecular weight excluding hydrogens is 264 g/mol. The van der Waals surface area contributed by atoms with E-state index in [0.29, 0.717) is 12.1 Å². The zero-order valence-electron chi connectivity index (χ0n) is 10.8. The lowest BCUT2D eigenvalue weighted by Gasteiger charge is -2.24. The van der Waals surface area contributed by atoms with Crippen LogP contribution in [0.25, 0.3) is 0 Å². The van der Waals surface area contributed by atoms with E-state index in [-0.39, 0.29) is 23.8 Å². The van der Waals surface area contributed by atoms with Gasteiger partial charge >= 0.3 is 0 Å². The van der Waals surface area contributed by atoms with Gasteiger partial charge in [-0.25, -0.2) is 8.42 Å². The number of sulfone groups is 1. The van der Waals surface area contributed by atoms with Gasteiger partial charge in [0.2, 0.25) is 5.91 Å². The Balaban J connectivity index is 2.01. The van der Waals surface area contributed by atoms with Crippen molar-refractivity contribution in [1.82, 2.24) is 5.32 Å². The van der Waals surface area contributed by atoms with Crippen LogP contribution in [0, 0.1) is 0 Å². The maximum Gasteiger partial charge on any atom is 0.224 e. The monoisotopic (exact) mass is 282 g/mol. The van der Waals surface area contributed by atoms with Crippen LogP contribution in [0.15, 0.2) is 24.3 Å². The molecule has 6 heteroatoms. The number of anilines is 1. The Morgan fingerprint density at radius 2 is 2.11 bits per heavy atom. The molecular formula is C13H18N2O3S. The number of benzene rings is 1. The summed E-state index contributed by atoms with van der Waals surface area (Å²) in [6.07, 6.45) is 0.633. The average molecular weight is 282 g/mol. The quantitative estimate of drug-likeness (QED) is 0.790. The minimum atomic E-state index is -3.02. The van der Waals surface area contributed by atoms with Gasteiger partial charge in [-0.1, -0.05) is 18.2 Å². The lowest BCUT2D eigenvalue weighted by atomic mass is 10.0. The number of carbonyl (C=O) groups excluding carboxylic acids is 1. The van der Waals surface area contributed by atoms with E-state index in [1.807, 2.05) is 12.1 Å². The van der Waals surface area contributed by atoms with Gasteiger partial charge in [-0.05, 0) is 25.0 Å². The van der Waals surface area contributed by atoms with Gasteiger partial charge in [-0.15, -0.1) is 0 Å². The maximum atomic E-state index is 12.0. The van der Waals surface area contributed by atoms with Crippen LogP contribution in [0.5, 0.6) is 0 Å². The molecule has 1 aliphatic heterocycles. The Hall–Kier alpha value is -1.56. The van der Waals surface area contributed by atoms with Crippen molar-refractivity contribution in [3.05, 3.63) is 29.8 Å². The summed E-state index contributed by atoms with van der Waals surface area (Å²) in [5, 5.41) is 2.81. The number of hydrogen-bond acceptors (Lipinski definition) is 4. The van der Waals surface area contributed by atoms with Crippen LogP contribution >= 0.6 is 0 Å². The van der Waals surface area contributed by atoms with E-state index >= 15 is 0 Å². The number of hydrogen-bond donors (Lipinski definition) is 2. The molecule has 5 nitrogen and oxygen atoms in total. The highest BCUT2D eigenvalue weighted by molar-refractivity contribution is 7.91. The lowest BCUT2D eigenvalue weighted by Crippen LogP contribution is -2.47. The van der Waals surface area contributed by atoms with Gasteiger partial charge in [0.15, 0.2) is 9.84 Å². The highest BCUT2D eigenvalue weighted by Crippen LogP contribution is 2.23. The third kappa shape index (κ3) is 3.47. The Kier molecular flexibility index (Phi) is 3.54. The summed E-state index contributed by atoms with van der Waals surface area (Å²) < 4.78 is 22.9. The van der Waals surface area contributed by atoms with Crippen molar-refractivity contribution in [2.45, 2.75) is 25.3 Å². The topological polar surface area (TPSA) is 89.3 Å². The van der Waals surface area contributed by atoms with E-state index in [4.69, 9.17) is 5.73 Å². The van der Waals surface area contributed by atoms with Crippen molar-refractivity contribution in [2.24, 2.45) is 0 Å². The number of rotatable bonds is 3. The molecule has 0 spiro atoms. The first kappa shape index (κ1) is 13.9. The zero-order valence-corrected chi connectivity index (χ0v) is 11.7. The van der Waals surface area contributed by atoms with Gasteiger partial charge in [-0.3, -0.25) is 4.79 Å². The highest BCUT2D eigenvalue weighted by atomic mass is 32.2. The van der Waals surface area contributed by atoms with Gasteiger partial charge in [0, 0.05) is 5.69 Å². The van der Waals surface area contributed by atoms with Crippen molar-refractivity contribution >= 4 is 21.4 Å². The van der Waals surface area contributed by atoms with Gasteiger partial charge in [0.1, 0.15) is 0 Å². The molecule has 1 heterocycles. The van der Waals surface area contributed by atoms with E-state index in [1.165, 1.54) is 0 Å². The normalized spacial score (nSPS) is 25.1. The fourth-order valence-electron chi connectivity index (χ4n) is 2.36. The molecule has 0 saturated carbocycles. The zero-order chi connectivity index (χ0) is 14.1. The Labute approximate surface area is 113 Å². The van der Waals surface area contributed by atoms with Crippen molar-refractivity contribution in [2.75, 3.05) is 17.2 Å². The SMILES string of the molecule is CC1(NC(=O)Cc2ccccc2N)CCS(=O)(=O)C1. The number of nitrogens with one attached hydrogen (secondary N) is 1. The Morgan fingerprint density at radius 1 is 1.42 bits per heavy atom. The Bertz CT molecular complexity index is 598. The fraction of sp³-hybridized carbons (Fsp3) is 0.462. The third-order valence-electron chi connectivity index (χ3n) is 3.35. The number of nitrogen functional groups attached to an aromatic ring is 1. The number of amides is 1. The van der Waals surface area contributed by atoms with E-state index in [1.54, 1.807) is 19.1 Å². The van der Waals surface area contributed by atoms with Crippen molar-refractivity contribution in [3.8, 4) is 0 Å². The third-order valence-corrected chi connectivity index (χ3v) is 5.25. The van der Waals surface area contributed by atoms with Crippen LogP contribution in [0.4, 0.5) is 5.69 Å². The van der Waals surface area contributed by atoms with Gasteiger partial charge in [0.05, 0.1) is 23.5 Å². The van der Waals surface area contributed by atoms with Gasteiger partial charge in [-0.2, -0.15) is 0 Å². The van der Waals surface area contributed by atoms with E-state index < -0.39 is 15.4 Å². The molecule has 1 aliphatic rings. The summed E-state index contributed by atoms with van der Waals surface area (Å²) in [6, 6.07) is 7.16. The first-order chi connectivity index (χ1) is 8.80. The summed E-state index contributed by atoms with van der Waals surface area (Å²) in [7, 11) is -3.02. The molecule has 19 heavy (non-hydrogen) atoms. The highest BCUT2D eigenvalue weighted by Gasteiger charge is 2.39. The van der Waals surface area contributed by atoms with Crippen LogP contribution in [0.1, 0.15) is 18.9 Å². The molecule has 0 aromatic heterocycles. The standard InChI is InChI=1S/C13H18N2O3S/c1-13(6-7-19(17,18)9-13)15-12(16)8-10-4-2-3-5-11(10)14/h2-5H,6-9,14H2,1H3,(H,15,16). The second kappa shape index (κ2) is 4.85. The largest absolute Gasteiger partial charge is 0.398 e. The maximum absolute atomic E-state index is 12.0. The van der Waals surface area contributed by atoms with Gasteiger partial charge < -0.3 is 11.1 Å². The molecule has 1 amide bonds. The van der Waals surface area contributed by atoms with E-state index in [9.17, 15) is 13.2 Å². The molecule has 1 aromatic rings. The second-order valence-electron chi connectivity index (χ2n) is 5.33. The van der Waals surface area contributed by atoms with Crippen molar-refractivity contribution in [1.29, 1.82) is 0 Å². The molecule has 2 rings (SSSR count). The molecule has 0 radical (unpaired) electrons. The number of para-hydroxylation sites is 1. The minimum absolute atomic E-state index is 0.00993. The van der Waals surface area contributed by atoms with Gasteiger partial charge in [0.25, 0.3) is 0 Å². The Morgan fingerprint density at radius 3 is 2.68 bits per heavy atom. The molecule has 1 unspecified atom stereocenters. The summed E-state index contributed by atoms with van der Waals surface area (Å²) in [6.45, 7) is 1.77. The van der Waals surface area contributed by atoms with Crippen LogP contribution in [-0.2, 0) is 21.1 Å². The van der Waals surface area contributed by atoms with Crippen molar-refractivity contribution < 1.29 is 13.2 Å². The minimum Gasteiger partial charge on any atom is -0.398 e. The molecule has 3 N–H and O–H groups in total. The molecule has 1 atom stereocenters.